The number of hydrogen-bond acceptors (Lipinski definition) is 13. The van der Waals surface area contributed by atoms with Gasteiger partial charge in [-0.15, -0.1) is 0 Å². The van der Waals surface area contributed by atoms with Crippen molar-refractivity contribution in [3.05, 3.63) is 12.2 Å². The van der Waals surface area contributed by atoms with Crippen molar-refractivity contribution in [3.63, 3.8) is 0 Å². The molecular weight excluding hydrogens is 762 g/mol. The van der Waals surface area contributed by atoms with E-state index in [0.717, 1.165) is 44.9 Å². The Labute approximate surface area is 355 Å². The molecule has 2 rings (SSSR count). The molecule has 2 heterocycles. The molecule has 12 atom stereocenters. The Morgan fingerprint density at radius 1 is 0.593 bits per heavy atom. The lowest BCUT2D eigenvalue weighted by Crippen LogP contribution is -2.65. The van der Waals surface area contributed by atoms with Crippen LogP contribution in [0, 0.1) is 0 Å². The highest BCUT2D eigenvalue weighted by molar-refractivity contribution is 5.76. The molecule has 1 amide bonds. The number of aliphatic hydroxyl groups excluding tert-OH is 8. The second-order valence-corrected chi connectivity index (χ2v) is 16.9. The zero-order valence-electron chi connectivity index (χ0n) is 36.5. The molecule has 9 N–H and O–H groups in total. The molecule has 0 bridgehead atoms. The van der Waals surface area contributed by atoms with Crippen LogP contribution in [0.4, 0.5) is 0 Å². The molecule has 0 saturated carbocycles. The van der Waals surface area contributed by atoms with Crippen molar-refractivity contribution in [2.45, 2.75) is 248 Å². The van der Waals surface area contributed by atoms with Gasteiger partial charge in [-0.1, -0.05) is 161 Å². The van der Waals surface area contributed by atoms with E-state index in [0.29, 0.717) is 6.42 Å². The van der Waals surface area contributed by atoms with E-state index in [2.05, 4.69) is 19.2 Å². The summed E-state index contributed by atoms with van der Waals surface area (Å²) in [6, 6.07) is -0.904. The summed E-state index contributed by atoms with van der Waals surface area (Å²) in [6.45, 7) is 2.66. The predicted octanol–water partition coefficient (Wildman–Crippen LogP) is 4.82. The van der Waals surface area contributed by atoms with Crippen molar-refractivity contribution in [2.24, 2.45) is 0 Å². The number of allylic oxidation sites excluding steroid dienone is 1. The average molecular weight is 848 g/mol. The Kier molecular flexibility index (Phi) is 30.4. The van der Waals surface area contributed by atoms with Crippen LogP contribution in [-0.4, -0.2) is 140 Å². The van der Waals surface area contributed by atoms with Crippen molar-refractivity contribution in [1.82, 2.24) is 5.32 Å². The first-order chi connectivity index (χ1) is 28.6. The van der Waals surface area contributed by atoms with E-state index in [1.807, 2.05) is 6.08 Å². The minimum Gasteiger partial charge on any atom is -0.394 e. The molecule has 14 heteroatoms. The monoisotopic (exact) mass is 848 g/mol. The third-order valence-corrected chi connectivity index (χ3v) is 11.7. The summed E-state index contributed by atoms with van der Waals surface area (Å²) in [4.78, 5) is 13.0. The maximum absolute atomic E-state index is 13.0. The number of ether oxygens (including phenoxy) is 4. The number of rotatable bonds is 35. The van der Waals surface area contributed by atoms with Gasteiger partial charge >= 0.3 is 0 Å². The Morgan fingerprint density at radius 2 is 1.05 bits per heavy atom. The third kappa shape index (κ3) is 21.6. The van der Waals surface area contributed by atoms with Crippen LogP contribution < -0.4 is 5.32 Å². The average Bonchev–Trinajstić information content (AvgIpc) is 3.23. The zero-order chi connectivity index (χ0) is 43.3. The van der Waals surface area contributed by atoms with Crippen LogP contribution in [-0.2, 0) is 23.7 Å². The highest BCUT2D eigenvalue weighted by Gasteiger charge is 2.50. The van der Waals surface area contributed by atoms with E-state index in [9.17, 15) is 45.6 Å². The lowest BCUT2D eigenvalue weighted by molar-refractivity contribution is -0.359. The number of nitrogens with one attached hydrogen (secondary N) is 1. The lowest BCUT2D eigenvalue weighted by Gasteiger charge is -2.46. The smallest absolute Gasteiger partial charge is 0.220 e. The number of carbonyl (C=O) groups excluding carboxylic acids is 1. The van der Waals surface area contributed by atoms with Gasteiger partial charge in [-0.25, -0.2) is 0 Å². The number of hydrogen-bond donors (Lipinski definition) is 9. The van der Waals surface area contributed by atoms with Gasteiger partial charge in [-0.2, -0.15) is 0 Å². The van der Waals surface area contributed by atoms with Gasteiger partial charge in [-0.05, 0) is 19.3 Å². The molecule has 0 aromatic rings. The van der Waals surface area contributed by atoms with Crippen LogP contribution in [0.1, 0.15) is 174 Å². The van der Waals surface area contributed by atoms with Crippen LogP contribution in [0.25, 0.3) is 0 Å². The summed E-state index contributed by atoms with van der Waals surface area (Å²) in [5.41, 5.74) is 0. The summed E-state index contributed by atoms with van der Waals surface area (Å²) in [7, 11) is 0. The van der Waals surface area contributed by atoms with Gasteiger partial charge < -0.3 is 65.1 Å². The highest BCUT2D eigenvalue weighted by Crippen LogP contribution is 2.30. The lowest BCUT2D eigenvalue weighted by atomic mass is 9.97. The molecule has 348 valence electrons. The van der Waals surface area contributed by atoms with Gasteiger partial charge in [0.15, 0.2) is 12.6 Å². The van der Waals surface area contributed by atoms with Gasteiger partial charge in [0.05, 0.1) is 32.0 Å². The Balaban J connectivity index is 1.73. The predicted molar refractivity (Wildman–Crippen MR) is 226 cm³/mol. The van der Waals surface area contributed by atoms with E-state index < -0.39 is 86.8 Å². The summed E-state index contributed by atoms with van der Waals surface area (Å²) in [5.74, 6) is -0.245. The summed E-state index contributed by atoms with van der Waals surface area (Å²) < 4.78 is 22.5. The number of aliphatic hydroxyl groups is 8. The van der Waals surface area contributed by atoms with Crippen molar-refractivity contribution in [1.29, 1.82) is 0 Å². The van der Waals surface area contributed by atoms with Gasteiger partial charge in [0.1, 0.15) is 48.8 Å². The fourth-order valence-corrected chi connectivity index (χ4v) is 7.82. The maximum atomic E-state index is 13.0. The molecule has 2 aliphatic heterocycles. The topological polar surface area (TPSA) is 228 Å². The van der Waals surface area contributed by atoms with Crippen molar-refractivity contribution in [2.75, 3.05) is 19.8 Å². The molecule has 59 heavy (non-hydrogen) atoms. The second-order valence-electron chi connectivity index (χ2n) is 16.9. The van der Waals surface area contributed by atoms with E-state index in [-0.39, 0.29) is 18.9 Å². The number of unbranched alkanes of at least 4 members (excludes halogenated alkanes) is 22. The van der Waals surface area contributed by atoms with E-state index >= 15 is 0 Å². The molecule has 0 radical (unpaired) electrons. The minimum absolute atomic E-state index is 0.245. The van der Waals surface area contributed by atoms with Gasteiger partial charge in [0, 0.05) is 6.42 Å². The number of amides is 1. The van der Waals surface area contributed by atoms with Crippen LogP contribution in [0.5, 0.6) is 0 Å². The molecule has 14 nitrogen and oxygen atoms in total. The molecular formula is C45H85NO13. The maximum Gasteiger partial charge on any atom is 0.220 e. The molecule has 0 spiro atoms. The van der Waals surface area contributed by atoms with E-state index in [4.69, 9.17) is 18.9 Å². The zero-order valence-corrected chi connectivity index (χ0v) is 36.5. The summed E-state index contributed by atoms with van der Waals surface area (Å²) >= 11 is 0. The Bertz CT molecular complexity index is 1050. The highest BCUT2D eigenvalue weighted by atomic mass is 16.7. The fourth-order valence-electron chi connectivity index (χ4n) is 7.82. The largest absolute Gasteiger partial charge is 0.394 e. The van der Waals surface area contributed by atoms with Crippen LogP contribution >= 0.6 is 0 Å². The Hall–Kier alpha value is -1.27. The van der Waals surface area contributed by atoms with Crippen LogP contribution in [0.3, 0.4) is 0 Å². The van der Waals surface area contributed by atoms with Gasteiger partial charge in [0.25, 0.3) is 0 Å². The van der Waals surface area contributed by atoms with Crippen molar-refractivity contribution in [3.8, 4) is 0 Å². The molecule has 0 aromatic carbocycles. The standard InChI is InChI=1S/C45H85NO13/c1-3-5-7-9-10-11-12-13-14-15-16-17-18-19-20-21-22-23-25-27-29-37(50)46-33(34(49)28-26-24-8-6-4-2)32-56-44-42(55)40(53)43(36(31-48)58-44)59-45-41(54)39(52)38(51)35(30-47)57-45/h26,28,33-36,38-45,47-49,51-55H,3-25,27,29-32H2,1-2H3,(H,46,50)/b28-26+. The van der Waals surface area contributed by atoms with E-state index in [1.54, 1.807) is 6.08 Å². The minimum atomic E-state index is -1.78. The normalized spacial score (nSPS) is 28.6. The molecule has 12 unspecified atom stereocenters. The SMILES string of the molecule is CCCCC/C=C/C(O)C(COC1OC(CO)C(OC2OC(CO)C(O)C(O)C2O)C(O)C1O)NC(=O)CCCCCCCCCCCCCCCCCCCCCC. The van der Waals surface area contributed by atoms with E-state index in [1.165, 1.54) is 103 Å². The first-order valence-electron chi connectivity index (χ1n) is 23.4. The Morgan fingerprint density at radius 3 is 1.56 bits per heavy atom. The summed E-state index contributed by atoms with van der Waals surface area (Å²) in [5, 5.41) is 86.0. The summed E-state index contributed by atoms with van der Waals surface area (Å²) in [6.07, 6.45) is 16.1. The van der Waals surface area contributed by atoms with Gasteiger partial charge in [0.2, 0.25) is 5.91 Å². The third-order valence-electron chi connectivity index (χ3n) is 11.7. The molecule has 0 aliphatic carbocycles. The quantitative estimate of drug-likeness (QED) is 0.0308. The van der Waals surface area contributed by atoms with Crippen LogP contribution in [0.2, 0.25) is 0 Å². The molecule has 2 saturated heterocycles. The van der Waals surface area contributed by atoms with Gasteiger partial charge in [-0.3, -0.25) is 4.79 Å². The van der Waals surface area contributed by atoms with Crippen molar-refractivity contribution >= 4 is 5.91 Å². The number of carbonyl (C=O) groups is 1. The second kappa shape index (κ2) is 33.3. The van der Waals surface area contributed by atoms with Crippen LogP contribution in [0.15, 0.2) is 12.2 Å². The first kappa shape index (κ1) is 53.9. The first-order valence-corrected chi connectivity index (χ1v) is 23.4. The molecule has 2 fully saturated rings. The van der Waals surface area contributed by atoms with Crippen molar-refractivity contribution < 1.29 is 64.6 Å². The molecule has 0 aromatic heterocycles. The molecule has 2 aliphatic rings. The fraction of sp³-hybridized carbons (Fsp3) is 0.933.